The molecule has 0 aliphatic heterocycles. The fraction of sp³-hybridized carbons (Fsp3) is 0.222. The van der Waals surface area contributed by atoms with Crippen LogP contribution in [0.3, 0.4) is 0 Å². The molecule has 2 aromatic rings. The highest BCUT2D eigenvalue weighted by Gasteiger charge is 2.07. The van der Waals surface area contributed by atoms with Gasteiger partial charge in [-0.3, -0.25) is 9.59 Å². The number of carbonyl (C=O) groups excluding carboxylic acids is 2. The molecule has 0 atom stereocenters. The summed E-state index contributed by atoms with van der Waals surface area (Å²) in [5.41, 5.74) is 3.27. The number of hydrogen-bond donors (Lipinski definition) is 1. The second-order valence-corrected chi connectivity index (χ2v) is 5.00. The highest BCUT2D eigenvalue weighted by Crippen LogP contribution is 2.12. The van der Waals surface area contributed by atoms with Gasteiger partial charge in [0.05, 0.1) is 13.0 Å². The minimum absolute atomic E-state index is 0.154. The molecule has 0 saturated heterocycles. The van der Waals surface area contributed by atoms with Gasteiger partial charge >= 0.3 is 5.97 Å². The Morgan fingerprint density at radius 1 is 1.00 bits per heavy atom. The average Bonchev–Trinajstić information content (AvgIpc) is 2.50. The molecule has 114 valence electrons. The lowest BCUT2D eigenvalue weighted by Crippen LogP contribution is -2.12. The molecule has 0 aliphatic rings. The van der Waals surface area contributed by atoms with Gasteiger partial charge in [-0.25, -0.2) is 0 Å². The van der Waals surface area contributed by atoms with Crippen LogP contribution in [0.1, 0.15) is 28.4 Å². The highest BCUT2D eigenvalue weighted by molar-refractivity contribution is 6.04. The van der Waals surface area contributed by atoms with Crippen LogP contribution in [0.4, 0.5) is 5.69 Å². The zero-order valence-corrected chi connectivity index (χ0v) is 12.8. The minimum Gasteiger partial charge on any atom is -0.466 e. The van der Waals surface area contributed by atoms with Crippen LogP contribution in [-0.4, -0.2) is 18.5 Å². The Morgan fingerprint density at radius 2 is 1.64 bits per heavy atom. The first-order chi connectivity index (χ1) is 10.6. The number of anilines is 1. The van der Waals surface area contributed by atoms with Crippen LogP contribution in [0.25, 0.3) is 0 Å². The molecule has 1 amide bonds. The van der Waals surface area contributed by atoms with E-state index >= 15 is 0 Å². The van der Waals surface area contributed by atoms with Gasteiger partial charge in [0, 0.05) is 11.3 Å². The van der Waals surface area contributed by atoms with E-state index in [4.69, 9.17) is 4.74 Å². The summed E-state index contributed by atoms with van der Waals surface area (Å²) in [6, 6.07) is 14.6. The number of carbonyl (C=O) groups is 2. The molecule has 0 bridgehead atoms. The molecule has 0 spiro atoms. The molecule has 0 aliphatic carbocycles. The fourth-order valence-corrected chi connectivity index (χ4v) is 1.99. The predicted molar refractivity (Wildman–Crippen MR) is 85.9 cm³/mol. The van der Waals surface area contributed by atoms with Crippen molar-refractivity contribution in [2.75, 3.05) is 11.9 Å². The maximum atomic E-state index is 12.1. The Bertz CT molecular complexity index is 645. The third-order valence-electron chi connectivity index (χ3n) is 3.18. The Labute approximate surface area is 130 Å². The predicted octanol–water partition coefficient (Wildman–Crippen LogP) is 3.35. The van der Waals surface area contributed by atoms with Crippen molar-refractivity contribution in [3.05, 3.63) is 65.2 Å². The van der Waals surface area contributed by atoms with Crippen molar-refractivity contribution in [2.45, 2.75) is 20.3 Å². The van der Waals surface area contributed by atoms with Crippen LogP contribution < -0.4 is 5.32 Å². The van der Waals surface area contributed by atoms with Gasteiger partial charge in [-0.2, -0.15) is 0 Å². The zero-order chi connectivity index (χ0) is 15.9. The van der Waals surface area contributed by atoms with Gasteiger partial charge < -0.3 is 10.1 Å². The largest absolute Gasteiger partial charge is 0.466 e. The Hall–Kier alpha value is -2.62. The van der Waals surface area contributed by atoms with Crippen molar-refractivity contribution in [2.24, 2.45) is 0 Å². The van der Waals surface area contributed by atoms with Gasteiger partial charge in [0.1, 0.15) is 0 Å². The number of benzene rings is 2. The van der Waals surface area contributed by atoms with Crippen LogP contribution in [-0.2, 0) is 16.0 Å². The van der Waals surface area contributed by atoms with Gasteiger partial charge in [0.2, 0.25) is 0 Å². The van der Waals surface area contributed by atoms with Crippen LogP contribution in [0, 0.1) is 6.92 Å². The van der Waals surface area contributed by atoms with E-state index in [1.165, 1.54) is 0 Å². The van der Waals surface area contributed by atoms with Gasteiger partial charge in [-0.1, -0.05) is 29.8 Å². The van der Waals surface area contributed by atoms with E-state index < -0.39 is 0 Å². The van der Waals surface area contributed by atoms with E-state index in [0.717, 1.165) is 11.1 Å². The number of nitrogens with one attached hydrogen (secondary N) is 1. The number of esters is 1. The molecular formula is C18H19NO3. The van der Waals surface area contributed by atoms with Crippen LogP contribution >= 0.6 is 0 Å². The molecule has 0 heterocycles. The topological polar surface area (TPSA) is 55.4 Å². The average molecular weight is 297 g/mol. The molecule has 2 rings (SSSR count). The van der Waals surface area contributed by atoms with Crippen LogP contribution in [0.15, 0.2) is 48.5 Å². The highest BCUT2D eigenvalue weighted by atomic mass is 16.5. The van der Waals surface area contributed by atoms with Crippen LogP contribution in [0.2, 0.25) is 0 Å². The molecular weight excluding hydrogens is 278 g/mol. The number of amides is 1. The summed E-state index contributed by atoms with van der Waals surface area (Å²) in [7, 11) is 0. The zero-order valence-electron chi connectivity index (χ0n) is 12.8. The molecule has 0 unspecified atom stereocenters. The minimum atomic E-state index is -0.251. The third kappa shape index (κ3) is 4.45. The van der Waals surface area contributed by atoms with E-state index in [0.29, 0.717) is 17.9 Å². The summed E-state index contributed by atoms with van der Waals surface area (Å²) in [6.07, 6.45) is 0.236. The van der Waals surface area contributed by atoms with Gasteiger partial charge in [-0.05, 0) is 43.7 Å². The summed E-state index contributed by atoms with van der Waals surface area (Å²) in [4.78, 5) is 23.5. The summed E-state index contributed by atoms with van der Waals surface area (Å²) in [5.74, 6) is -0.405. The standard InChI is InChI=1S/C18H19NO3/c1-3-22-17(20)12-14-6-10-16(11-7-14)19-18(21)15-8-4-13(2)5-9-15/h4-11H,3,12H2,1-2H3,(H,19,21). The van der Waals surface area contributed by atoms with Gasteiger partial charge in [0.25, 0.3) is 5.91 Å². The summed E-state index contributed by atoms with van der Waals surface area (Å²) in [5, 5.41) is 2.83. The maximum absolute atomic E-state index is 12.1. The van der Waals surface area contributed by atoms with Crippen molar-refractivity contribution in [3.63, 3.8) is 0 Å². The van der Waals surface area contributed by atoms with Crippen molar-refractivity contribution in [1.82, 2.24) is 0 Å². The first-order valence-corrected chi connectivity index (χ1v) is 7.21. The number of hydrogen-bond acceptors (Lipinski definition) is 3. The second-order valence-electron chi connectivity index (χ2n) is 5.00. The molecule has 0 aromatic heterocycles. The SMILES string of the molecule is CCOC(=O)Cc1ccc(NC(=O)c2ccc(C)cc2)cc1. The number of rotatable bonds is 5. The van der Waals surface area contributed by atoms with Crippen molar-refractivity contribution in [1.29, 1.82) is 0 Å². The van der Waals surface area contributed by atoms with Crippen molar-refractivity contribution < 1.29 is 14.3 Å². The van der Waals surface area contributed by atoms with Gasteiger partial charge in [0.15, 0.2) is 0 Å². The second kappa shape index (κ2) is 7.41. The van der Waals surface area contributed by atoms with E-state index in [2.05, 4.69) is 5.32 Å². The number of aryl methyl sites for hydroxylation is 1. The normalized spacial score (nSPS) is 10.1. The van der Waals surface area contributed by atoms with E-state index in [1.807, 2.05) is 31.2 Å². The smallest absolute Gasteiger partial charge is 0.310 e. The molecule has 22 heavy (non-hydrogen) atoms. The Morgan fingerprint density at radius 3 is 2.23 bits per heavy atom. The van der Waals surface area contributed by atoms with Gasteiger partial charge in [-0.15, -0.1) is 0 Å². The molecule has 2 aromatic carbocycles. The Kier molecular flexibility index (Phi) is 5.31. The third-order valence-corrected chi connectivity index (χ3v) is 3.18. The molecule has 4 nitrogen and oxygen atoms in total. The fourth-order valence-electron chi connectivity index (χ4n) is 1.99. The quantitative estimate of drug-likeness (QED) is 0.861. The van der Waals surface area contributed by atoms with Crippen molar-refractivity contribution >= 4 is 17.6 Å². The van der Waals surface area contributed by atoms with E-state index in [1.54, 1.807) is 31.2 Å². The maximum Gasteiger partial charge on any atom is 0.310 e. The lowest BCUT2D eigenvalue weighted by molar-refractivity contribution is -0.142. The molecule has 4 heteroatoms. The van der Waals surface area contributed by atoms with Crippen molar-refractivity contribution in [3.8, 4) is 0 Å². The summed E-state index contributed by atoms with van der Waals surface area (Å²) < 4.78 is 4.90. The first kappa shape index (κ1) is 15.8. The molecule has 0 saturated carbocycles. The van der Waals surface area contributed by atoms with E-state index in [-0.39, 0.29) is 18.3 Å². The van der Waals surface area contributed by atoms with E-state index in [9.17, 15) is 9.59 Å². The number of ether oxygens (including phenoxy) is 1. The van der Waals surface area contributed by atoms with Crippen LogP contribution in [0.5, 0.6) is 0 Å². The molecule has 0 radical (unpaired) electrons. The summed E-state index contributed by atoms with van der Waals surface area (Å²) in [6.45, 7) is 4.13. The Balaban J connectivity index is 1.97. The molecule has 0 fully saturated rings. The first-order valence-electron chi connectivity index (χ1n) is 7.21. The molecule has 1 N–H and O–H groups in total. The summed E-state index contributed by atoms with van der Waals surface area (Å²) >= 11 is 0. The monoisotopic (exact) mass is 297 g/mol. The lowest BCUT2D eigenvalue weighted by Gasteiger charge is -2.07. The lowest BCUT2D eigenvalue weighted by atomic mass is 10.1.